The summed E-state index contributed by atoms with van der Waals surface area (Å²) in [6, 6.07) is 21.0. The smallest absolute Gasteiger partial charge is 0.260 e. The minimum atomic E-state index is 0.0168. The van der Waals surface area contributed by atoms with E-state index in [4.69, 9.17) is 9.47 Å². The van der Waals surface area contributed by atoms with E-state index in [2.05, 4.69) is 9.88 Å². The van der Waals surface area contributed by atoms with Crippen LogP contribution < -0.4 is 9.47 Å². The molecule has 0 radical (unpaired) electrons. The molecule has 30 heavy (non-hydrogen) atoms. The molecule has 3 aromatic rings. The lowest BCUT2D eigenvalue weighted by molar-refractivity contribution is -0.135. The average Bonchev–Trinajstić information content (AvgIpc) is 2.80. The van der Waals surface area contributed by atoms with Crippen LogP contribution in [-0.4, -0.2) is 53.5 Å². The molecule has 6 heteroatoms. The molecule has 0 unspecified atom stereocenters. The first-order valence-corrected chi connectivity index (χ1v) is 10.1. The number of carbonyl (C=O) groups is 1. The molecule has 154 valence electrons. The van der Waals surface area contributed by atoms with Crippen LogP contribution in [0.3, 0.4) is 0 Å². The Kier molecular flexibility index (Phi) is 6.57. The third-order valence-electron chi connectivity index (χ3n) is 5.05. The van der Waals surface area contributed by atoms with Crippen LogP contribution in [0, 0.1) is 0 Å². The highest BCUT2D eigenvalue weighted by Gasteiger charge is 2.21. The van der Waals surface area contributed by atoms with Gasteiger partial charge in [0.2, 0.25) is 0 Å². The van der Waals surface area contributed by atoms with E-state index < -0.39 is 0 Å². The first kappa shape index (κ1) is 19.9. The van der Waals surface area contributed by atoms with Crippen molar-refractivity contribution in [3.63, 3.8) is 0 Å². The number of nitrogens with zero attached hydrogens (tertiary/aromatic N) is 3. The second-order valence-electron chi connectivity index (χ2n) is 7.19. The van der Waals surface area contributed by atoms with Crippen molar-refractivity contribution < 1.29 is 14.3 Å². The van der Waals surface area contributed by atoms with Crippen molar-refractivity contribution in [2.45, 2.75) is 6.54 Å². The van der Waals surface area contributed by atoms with Crippen molar-refractivity contribution in [3.05, 3.63) is 84.7 Å². The van der Waals surface area contributed by atoms with Gasteiger partial charge in [-0.3, -0.25) is 14.7 Å². The summed E-state index contributed by atoms with van der Waals surface area (Å²) in [6.45, 7) is 4.09. The largest absolute Gasteiger partial charge is 0.484 e. The number of amides is 1. The molecule has 1 aromatic heterocycles. The van der Waals surface area contributed by atoms with Crippen molar-refractivity contribution in [3.8, 4) is 17.2 Å². The van der Waals surface area contributed by atoms with E-state index in [1.54, 1.807) is 0 Å². The molecular formula is C24H25N3O3. The molecule has 4 rings (SSSR count). The minimum Gasteiger partial charge on any atom is -0.484 e. The number of hydrogen-bond acceptors (Lipinski definition) is 5. The zero-order valence-electron chi connectivity index (χ0n) is 16.8. The quantitative estimate of drug-likeness (QED) is 0.603. The van der Waals surface area contributed by atoms with Gasteiger partial charge in [0, 0.05) is 45.1 Å². The molecule has 1 fully saturated rings. The zero-order valence-corrected chi connectivity index (χ0v) is 16.8. The highest BCUT2D eigenvalue weighted by atomic mass is 16.5. The second kappa shape index (κ2) is 9.89. The lowest BCUT2D eigenvalue weighted by atomic mass is 10.2. The van der Waals surface area contributed by atoms with Gasteiger partial charge in [-0.25, -0.2) is 0 Å². The summed E-state index contributed by atoms with van der Waals surface area (Å²) in [5, 5.41) is 0. The van der Waals surface area contributed by atoms with Crippen molar-refractivity contribution in [2.24, 2.45) is 0 Å². The topological polar surface area (TPSA) is 54.9 Å². The van der Waals surface area contributed by atoms with Gasteiger partial charge in [0.05, 0.1) is 0 Å². The van der Waals surface area contributed by atoms with Gasteiger partial charge in [-0.15, -0.1) is 0 Å². The molecule has 6 nitrogen and oxygen atoms in total. The summed E-state index contributed by atoms with van der Waals surface area (Å²) in [5.74, 6) is 2.18. The zero-order chi connectivity index (χ0) is 20.6. The number of rotatable bonds is 7. The van der Waals surface area contributed by atoms with Crippen LogP contribution >= 0.6 is 0 Å². The normalized spacial score (nSPS) is 14.3. The number of para-hydroxylation sites is 1. The number of carbonyl (C=O) groups excluding carboxylic acids is 1. The van der Waals surface area contributed by atoms with Crippen molar-refractivity contribution in [1.29, 1.82) is 0 Å². The van der Waals surface area contributed by atoms with Crippen molar-refractivity contribution >= 4 is 5.91 Å². The summed E-state index contributed by atoms with van der Waals surface area (Å²) in [4.78, 5) is 20.8. The maximum Gasteiger partial charge on any atom is 0.260 e. The summed E-state index contributed by atoms with van der Waals surface area (Å²) in [7, 11) is 0. The monoisotopic (exact) mass is 403 g/mol. The van der Waals surface area contributed by atoms with Gasteiger partial charge in [-0.2, -0.15) is 0 Å². The van der Waals surface area contributed by atoms with Crippen molar-refractivity contribution in [2.75, 3.05) is 32.8 Å². The van der Waals surface area contributed by atoms with Gasteiger partial charge in [0.1, 0.15) is 17.2 Å². The van der Waals surface area contributed by atoms with Crippen molar-refractivity contribution in [1.82, 2.24) is 14.8 Å². The molecule has 1 amide bonds. The Bertz CT molecular complexity index is 925. The number of piperazine rings is 1. The van der Waals surface area contributed by atoms with Crippen LogP contribution in [0.25, 0.3) is 0 Å². The van der Waals surface area contributed by atoms with Crippen LogP contribution in [0.15, 0.2) is 79.1 Å². The van der Waals surface area contributed by atoms with Gasteiger partial charge in [0.15, 0.2) is 6.61 Å². The lowest BCUT2D eigenvalue weighted by Gasteiger charge is -2.34. The molecule has 2 aromatic carbocycles. The molecule has 0 aliphatic carbocycles. The van der Waals surface area contributed by atoms with Crippen LogP contribution in [0.4, 0.5) is 0 Å². The van der Waals surface area contributed by atoms with Gasteiger partial charge >= 0.3 is 0 Å². The summed E-state index contributed by atoms with van der Waals surface area (Å²) in [5.41, 5.74) is 1.24. The van der Waals surface area contributed by atoms with Crippen LogP contribution in [0.5, 0.6) is 17.2 Å². The second-order valence-corrected chi connectivity index (χ2v) is 7.19. The Morgan fingerprint density at radius 3 is 2.13 bits per heavy atom. The standard InChI is InChI=1S/C24H25N3O3/c28-24(27-16-14-26(15-17-27)18-20-10-12-25-13-11-20)19-29-21-6-8-23(9-7-21)30-22-4-2-1-3-5-22/h1-13H,14-19H2. The van der Waals surface area contributed by atoms with E-state index in [1.165, 1.54) is 5.56 Å². The summed E-state index contributed by atoms with van der Waals surface area (Å²) < 4.78 is 11.4. The number of aromatic nitrogens is 1. The third-order valence-corrected chi connectivity index (χ3v) is 5.05. The Balaban J connectivity index is 1.20. The van der Waals surface area contributed by atoms with E-state index in [0.717, 1.165) is 44.2 Å². The molecule has 0 bridgehead atoms. The Morgan fingerprint density at radius 2 is 1.43 bits per heavy atom. The van der Waals surface area contributed by atoms with E-state index in [0.29, 0.717) is 5.75 Å². The third kappa shape index (κ3) is 5.58. The Morgan fingerprint density at radius 1 is 0.800 bits per heavy atom. The molecule has 2 heterocycles. The lowest BCUT2D eigenvalue weighted by Crippen LogP contribution is -2.49. The minimum absolute atomic E-state index is 0.0168. The molecular weight excluding hydrogens is 378 g/mol. The van der Waals surface area contributed by atoms with Gasteiger partial charge in [-0.05, 0) is 54.1 Å². The van der Waals surface area contributed by atoms with Crippen LogP contribution in [-0.2, 0) is 11.3 Å². The van der Waals surface area contributed by atoms with E-state index in [9.17, 15) is 4.79 Å². The number of ether oxygens (including phenoxy) is 2. The summed E-state index contributed by atoms with van der Waals surface area (Å²) >= 11 is 0. The fourth-order valence-electron chi connectivity index (χ4n) is 3.37. The summed E-state index contributed by atoms with van der Waals surface area (Å²) in [6.07, 6.45) is 3.62. The maximum atomic E-state index is 12.5. The first-order chi connectivity index (χ1) is 14.8. The molecule has 0 atom stereocenters. The van der Waals surface area contributed by atoms with Gasteiger partial charge in [-0.1, -0.05) is 18.2 Å². The first-order valence-electron chi connectivity index (χ1n) is 10.1. The SMILES string of the molecule is O=C(COc1ccc(Oc2ccccc2)cc1)N1CCN(Cc2ccncc2)CC1. The maximum absolute atomic E-state index is 12.5. The van der Waals surface area contributed by atoms with E-state index >= 15 is 0 Å². The molecule has 0 spiro atoms. The Hall–Kier alpha value is -3.38. The van der Waals surface area contributed by atoms with Gasteiger partial charge < -0.3 is 14.4 Å². The highest BCUT2D eigenvalue weighted by molar-refractivity contribution is 5.77. The molecule has 1 aliphatic rings. The number of benzene rings is 2. The number of hydrogen-bond donors (Lipinski definition) is 0. The van der Waals surface area contributed by atoms with E-state index in [-0.39, 0.29) is 12.5 Å². The predicted molar refractivity (Wildman–Crippen MR) is 115 cm³/mol. The molecule has 1 aliphatic heterocycles. The molecule has 1 saturated heterocycles. The van der Waals surface area contributed by atoms with Crippen LogP contribution in [0.2, 0.25) is 0 Å². The molecule has 0 N–H and O–H groups in total. The fraction of sp³-hybridized carbons (Fsp3) is 0.250. The van der Waals surface area contributed by atoms with Crippen LogP contribution in [0.1, 0.15) is 5.56 Å². The predicted octanol–water partition coefficient (Wildman–Crippen LogP) is 3.60. The average molecular weight is 403 g/mol. The Labute approximate surface area is 176 Å². The fourth-order valence-corrected chi connectivity index (χ4v) is 3.37. The number of pyridine rings is 1. The highest BCUT2D eigenvalue weighted by Crippen LogP contribution is 2.23. The van der Waals surface area contributed by atoms with Gasteiger partial charge in [0.25, 0.3) is 5.91 Å². The van der Waals surface area contributed by atoms with E-state index in [1.807, 2.05) is 84.0 Å². The molecule has 0 saturated carbocycles.